The second-order valence-electron chi connectivity index (χ2n) is 6.82. The van der Waals surface area contributed by atoms with Crippen LogP contribution in [-0.4, -0.2) is 56.3 Å². The van der Waals surface area contributed by atoms with Crippen LogP contribution in [0.5, 0.6) is 0 Å². The second kappa shape index (κ2) is 6.60. The average Bonchev–Trinajstić information content (AvgIpc) is 3.24. The first-order chi connectivity index (χ1) is 11.7. The van der Waals surface area contributed by atoms with Crippen molar-refractivity contribution in [2.45, 2.75) is 51.6 Å². The van der Waals surface area contributed by atoms with Gasteiger partial charge in [-0.2, -0.15) is 4.98 Å². The highest BCUT2D eigenvalue weighted by Crippen LogP contribution is 2.38. The molecule has 1 atom stereocenters. The summed E-state index contributed by atoms with van der Waals surface area (Å²) in [6, 6.07) is 0.151. The summed E-state index contributed by atoms with van der Waals surface area (Å²) >= 11 is 0. The van der Waals surface area contributed by atoms with Crippen LogP contribution in [0.4, 0.5) is 0 Å². The summed E-state index contributed by atoms with van der Waals surface area (Å²) in [5, 5.41) is 12.2. The Morgan fingerprint density at radius 3 is 2.79 bits per heavy atom. The third-order valence-electron chi connectivity index (χ3n) is 4.85. The summed E-state index contributed by atoms with van der Waals surface area (Å²) in [7, 11) is 0. The molecule has 0 radical (unpaired) electrons. The zero-order valence-corrected chi connectivity index (χ0v) is 14.3. The van der Waals surface area contributed by atoms with Crippen molar-refractivity contribution in [2.75, 3.05) is 26.2 Å². The first-order valence-corrected chi connectivity index (χ1v) is 8.78. The van der Waals surface area contributed by atoms with E-state index in [1.807, 2.05) is 6.92 Å². The summed E-state index contributed by atoms with van der Waals surface area (Å²) < 4.78 is 10.9. The number of hydrogen-bond donors (Lipinski definition) is 0. The van der Waals surface area contributed by atoms with Crippen molar-refractivity contribution in [3.8, 4) is 0 Å². The lowest BCUT2D eigenvalue weighted by molar-refractivity contribution is 0.182. The van der Waals surface area contributed by atoms with E-state index in [-0.39, 0.29) is 6.04 Å². The minimum atomic E-state index is 0.151. The third-order valence-corrected chi connectivity index (χ3v) is 4.85. The lowest BCUT2D eigenvalue weighted by Gasteiger charge is -2.25. The van der Waals surface area contributed by atoms with Gasteiger partial charge in [-0.25, -0.2) is 0 Å². The summed E-state index contributed by atoms with van der Waals surface area (Å²) in [5.74, 6) is 3.47. The van der Waals surface area contributed by atoms with Gasteiger partial charge >= 0.3 is 0 Å². The molecule has 2 aromatic rings. The van der Waals surface area contributed by atoms with Crippen molar-refractivity contribution in [3.05, 3.63) is 23.5 Å². The largest absolute Gasteiger partial charge is 0.424 e. The summed E-state index contributed by atoms with van der Waals surface area (Å²) in [5.41, 5.74) is 0. The van der Waals surface area contributed by atoms with Crippen LogP contribution < -0.4 is 0 Å². The van der Waals surface area contributed by atoms with Gasteiger partial charge in [0, 0.05) is 32.5 Å². The van der Waals surface area contributed by atoms with Crippen LogP contribution >= 0.6 is 0 Å². The molecule has 3 heterocycles. The summed E-state index contributed by atoms with van der Waals surface area (Å²) in [4.78, 5) is 9.33. The fraction of sp³-hybridized carbons (Fsp3) is 0.750. The standard InChI is InChI=1S/C16H24N6O2/c1-11(15-19-18-12(2)23-15)22-7-3-6-21(8-9-22)10-14-17-16(24-20-14)13-4-5-13/h11,13H,3-10H2,1-2H3. The topological polar surface area (TPSA) is 84.3 Å². The Morgan fingerprint density at radius 1 is 1.17 bits per heavy atom. The molecule has 24 heavy (non-hydrogen) atoms. The number of rotatable bonds is 5. The fourth-order valence-corrected chi connectivity index (χ4v) is 3.20. The quantitative estimate of drug-likeness (QED) is 0.821. The number of hydrogen-bond acceptors (Lipinski definition) is 8. The molecule has 8 nitrogen and oxygen atoms in total. The maximum absolute atomic E-state index is 5.58. The fourth-order valence-electron chi connectivity index (χ4n) is 3.20. The zero-order valence-electron chi connectivity index (χ0n) is 14.3. The van der Waals surface area contributed by atoms with Crippen LogP contribution in [0.2, 0.25) is 0 Å². The Hall–Kier alpha value is -1.80. The minimum absolute atomic E-state index is 0.151. The van der Waals surface area contributed by atoms with E-state index in [9.17, 15) is 0 Å². The molecule has 1 aliphatic heterocycles. The van der Waals surface area contributed by atoms with Gasteiger partial charge in [-0.15, -0.1) is 10.2 Å². The zero-order chi connectivity index (χ0) is 16.5. The lowest BCUT2D eigenvalue weighted by atomic mass is 10.2. The van der Waals surface area contributed by atoms with Gasteiger partial charge in [-0.05, 0) is 32.7 Å². The normalized spacial score (nSPS) is 21.8. The van der Waals surface area contributed by atoms with Crippen LogP contribution in [0.1, 0.15) is 61.6 Å². The maximum atomic E-state index is 5.58. The second-order valence-corrected chi connectivity index (χ2v) is 6.82. The molecule has 0 aromatic carbocycles. The Labute approximate surface area is 141 Å². The minimum Gasteiger partial charge on any atom is -0.424 e. The molecule has 0 bridgehead atoms. The summed E-state index contributed by atoms with van der Waals surface area (Å²) in [6.07, 6.45) is 3.48. The van der Waals surface area contributed by atoms with Gasteiger partial charge in [0.2, 0.25) is 17.7 Å². The molecule has 1 aliphatic carbocycles. The van der Waals surface area contributed by atoms with Gasteiger partial charge in [0.25, 0.3) is 0 Å². The van der Waals surface area contributed by atoms with Gasteiger partial charge in [0.15, 0.2) is 5.82 Å². The molecule has 0 N–H and O–H groups in total. The Bertz CT molecular complexity index is 680. The number of aryl methyl sites for hydroxylation is 1. The molecule has 2 aromatic heterocycles. The molecule has 2 fully saturated rings. The van der Waals surface area contributed by atoms with Gasteiger partial charge in [0.05, 0.1) is 12.6 Å². The highest BCUT2D eigenvalue weighted by molar-refractivity contribution is 5.01. The predicted molar refractivity (Wildman–Crippen MR) is 85.2 cm³/mol. The maximum Gasteiger partial charge on any atom is 0.233 e. The van der Waals surface area contributed by atoms with Crippen LogP contribution in [-0.2, 0) is 6.54 Å². The monoisotopic (exact) mass is 332 g/mol. The molecule has 0 spiro atoms. The number of aromatic nitrogens is 4. The van der Waals surface area contributed by atoms with Gasteiger partial charge in [0.1, 0.15) is 0 Å². The number of nitrogens with zero attached hydrogens (tertiary/aromatic N) is 6. The average molecular weight is 332 g/mol. The molecule has 8 heteroatoms. The molecule has 130 valence electrons. The molecule has 1 saturated heterocycles. The Balaban J connectivity index is 1.33. The molecular formula is C16H24N6O2. The van der Waals surface area contributed by atoms with Crippen LogP contribution in [0.3, 0.4) is 0 Å². The lowest BCUT2D eigenvalue weighted by Crippen LogP contribution is -2.32. The van der Waals surface area contributed by atoms with Crippen molar-refractivity contribution in [2.24, 2.45) is 0 Å². The van der Waals surface area contributed by atoms with E-state index in [0.717, 1.165) is 50.9 Å². The van der Waals surface area contributed by atoms with Crippen LogP contribution in [0, 0.1) is 6.92 Å². The highest BCUT2D eigenvalue weighted by atomic mass is 16.5. The van der Waals surface area contributed by atoms with Gasteiger partial charge in [-0.1, -0.05) is 5.16 Å². The first kappa shape index (κ1) is 15.7. The van der Waals surface area contributed by atoms with E-state index in [4.69, 9.17) is 8.94 Å². The third kappa shape index (κ3) is 3.49. The molecule has 4 rings (SSSR count). The molecular weight excluding hydrogens is 308 g/mol. The van der Waals surface area contributed by atoms with E-state index in [2.05, 4.69) is 37.1 Å². The molecule has 1 saturated carbocycles. The molecule has 2 aliphatic rings. The van der Waals surface area contributed by atoms with E-state index in [1.165, 1.54) is 12.8 Å². The van der Waals surface area contributed by atoms with Crippen molar-refractivity contribution in [1.29, 1.82) is 0 Å². The van der Waals surface area contributed by atoms with Crippen molar-refractivity contribution in [1.82, 2.24) is 30.1 Å². The molecule has 0 amide bonds. The van der Waals surface area contributed by atoms with Crippen molar-refractivity contribution in [3.63, 3.8) is 0 Å². The predicted octanol–water partition coefficient (Wildman–Crippen LogP) is 1.91. The first-order valence-electron chi connectivity index (χ1n) is 8.78. The SMILES string of the molecule is Cc1nnc(C(C)N2CCCN(Cc3noc(C4CC4)n3)CC2)o1. The smallest absolute Gasteiger partial charge is 0.233 e. The van der Waals surface area contributed by atoms with Gasteiger partial charge < -0.3 is 8.94 Å². The van der Waals surface area contributed by atoms with E-state index in [0.29, 0.717) is 17.7 Å². The van der Waals surface area contributed by atoms with E-state index in [1.54, 1.807) is 0 Å². The Kier molecular flexibility index (Phi) is 4.32. The Morgan fingerprint density at radius 2 is 2.04 bits per heavy atom. The van der Waals surface area contributed by atoms with E-state index < -0.39 is 0 Å². The van der Waals surface area contributed by atoms with Crippen molar-refractivity contribution < 1.29 is 8.94 Å². The molecule has 1 unspecified atom stereocenters. The van der Waals surface area contributed by atoms with Gasteiger partial charge in [-0.3, -0.25) is 9.80 Å². The highest BCUT2D eigenvalue weighted by Gasteiger charge is 2.30. The van der Waals surface area contributed by atoms with Crippen molar-refractivity contribution >= 4 is 0 Å². The van der Waals surface area contributed by atoms with Crippen LogP contribution in [0.15, 0.2) is 8.94 Å². The van der Waals surface area contributed by atoms with Crippen LogP contribution in [0.25, 0.3) is 0 Å². The summed E-state index contributed by atoms with van der Waals surface area (Å²) in [6.45, 7) is 8.73. The van der Waals surface area contributed by atoms with E-state index >= 15 is 0 Å².